The molecule has 0 bridgehead atoms. The summed E-state index contributed by atoms with van der Waals surface area (Å²) in [4.78, 5) is 24.3. The number of hydrogen-bond donors (Lipinski definition) is 1. The number of ether oxygens (including phenoxy) is 1. The van der Waals surface area contributed by atoms with Crippen LogP contribution in [0.25, 0.3) is 0 Å². The molecule has 0 spiro atoms. The van der Waals surface area contributed by atoms with Crippen LogP contribution in [-0.4, -0.2) is 32.1 Å². The Kier molecular flexibility index (Phi) is 4.09. The first kappa shape index (κ1) is 13.0. The van der Waals surface area contributed by atoms with Crippen LogP contribution in [0.2, 0.25) is 0 Å². The summed E-state index contributed by atoms with van der Waals surface area (Å²) in [6, 6.07) is 6.94. The van der Waals surface area contributed by atoms with Gasteiger partial charge >= 0.3 is 5.97 Å². The van der Waals surface area contributed by atoms with Gasteiger partial charge in [-0.05, 0) is 25.1 Å². The van der Waals surface area contributed by atoms with Gasteiger partial charge in [0.2, 0.25) is 0 Å². The smallest absolute Gasteiger partial charge is 0.338 e. The van der Waals surface area contributed by atoms with Crippen molar-refractivity contribution in [1.82, 2.24) is 0 Å². The number of benzene rings is 1. The van der Waals surface area contributed by atoms with Crippen LogP contribution in [0.15, 0.2) is 24.3 Å². The maximum Gasteiger partial charge on any atom is 0.338 e. The van der Waals surface area contributed by atoms with Crippen LogP contribution in [0.5, 0.6) is 0 Å². The standard InChI is InChI=1S/C12H16N2O3/c1-8(11(13)15)17-12(16)9-5-4-6-10(7-9)14(2)3/h4-8H,1-3H3,(H2,13,15)/t8-/m0/s1. The van der Waals surface area contributed by atoms with Crippen molar-refractivity contribution in [3.8, 4) is 0 Å². The van der Waals surface area contributed by atoms with Gasteiger partial charge in [-0.2, -0.15) is 0 Å². The number of amides is 1. The van der Waals surface area contributed by atoms with Crippen LogP contribution in [0.3, 0.4) is 0 Å². The summed E-state index contributed by atoms with van der Waals surface area (Å²) in [5.41, 5.74) is 6.29. The van der Waals surface area contributed by atoms with Gasteiger partial charge in [-0.3, -0.25) is 4.79 Å². The lowest BCUT2D eigenvalue weighted by molar-refractivity contribution is -0.125. The lowest BCUT2D eigenvalue weighted by Gasteiger charge is -2.14. The number of anilines is 1. The third-order valence-electron chi connectivity index (χ3n) is 2.28. The van der Waals surface area contributed by atoms with Gasteiger partial charge in [0, 0.05) is 19.8 Å². The second kappa shape index (κ2) is 5.34. The Hall–Kier alpha value is -2.04. The number of rotatable bonds is 4. The van der Waals surface area contributed by atoms with Gasteiger partial charge < -0.3 is 15.4 Å². The minimum Gasteiger partial charge on any atom is -0.449 e. The first-order valence-corrected chi connectivity index (χ1v) is 5.19. The fraction of sp³-hybridized carbons (Fsp3) is 0.333. The normalized spacial score (nSPS) is 11.7. The van der Waals surface area contributed by atoms with E-state index in [-0.39, 0.29) is 0 Å². The third kappa shape index (κ3) is 3.48. The highest BCUT2D eigenvalue weighted by atomic mass is 16.5. The first-order chi connectivity index (χ1) is 7.91. The molecule has 0 aliphatic rings. The number of nitrogens with zero attached hydrogens (tertiary/aromatic N) is 1. The quantitative estimate of drug-likeness (QED) is 0.784. The van der Waals surface area contributed by atoms with Crippen molar-refractivity contribution in [3.05, 3.63) is 29.8 Å². The van der Waals surface area contributed by atoms with Crippen molar-refractivity contribution < 1.29 is 14.3 Å². The van der Waals surface area contributed by atoms with E-state index in [9.17, 15) is 9.59 Å². The minimum atomic E-state index is -0.925. The molecular weight excluding hydrogens is 220 g/mol. The summed E-state index contributed by atoms with van der Waals surface area (Å²) in [6.07, 6.45) is -0.925. The topological polar surface area (TPSA) is 72.6 Å². The largest absolute Gasteiger partial charge is 0.449 e. The maximum absolute atomic E-state index is 11.7. The highest BCUT2D eigenvalue weighted by Crippen LogP contribution is 2.14. The Labute approximate surface area is 100 Å². The molecule has 0 unspecified atom stereocenters. The van der Waals surface area contributed by atoms with Gasteiger partial charge in [0.25, 0.3) is 5.91 Å². The molecule has 1 aromatic carbocycles. The minimum absolute atomic E-state index is 0.393. The van der Waals surface area contributed by atoms with E-state index in [1.165, 1.54) is 6.92 Å². The predicted molar refractivity (Wildman–Crippen MR) is 64.8 cm³/mol. The molecule has 1 rings (SSSR count). The second-order valence-corrected chi connectivity index (χ2v) is 3.89. The van der Waals surface area contributed by atoms with E-state index in [0.29, 0.717) is 5.56 Å². The van der Waals surface area contributed by atoms with Crippen LogP contribution in [0.1, 0.15) is 17.3 Å². The summed E-state index contributed by atoms with van der Waals surface area (Å²) in [7, 11) is 3.74. The number of primary amides is 1. The number of esters is 1. The van der Waals surface area contributed by atoms with E-state index in [4.69, 9.17) is 10.5 Å². The van der Waals surface area contributed by atoms with Crippen molar-refractivity contribution in [2.75, 3.05) is 19.0 Å². The van der Waals surface area contributed by atoms with Gasteiger partial charge in [0.15, 0.2) is 6.10 Å². The maximum atomic E-state index is 11.7. The Morgan fingerprint density at radius 2 is 2.00 bits per heavy atom. The monoisotopic (exact) mass is 236 g/mol. The molecule has 0 fully saturated rings. The number of nitrogens with two attached hydrogens (primary N) is 1. The van der Waals surface area contributed by atoms with Crippen molar-refractivity contribution in [2.45, 2.75) is 13.0 Å². The SMILES string of the molecule is C[C@H](OC(=O)c1cccc(N(C)C)c1)C(N)=O. The fourth-order valence-electron chi connectivity index (χ4n) is 1.20. The zero-order valence-electron chi connectivity index (χ0n) is 10.1. The molecular formula is C12H16N2O3. The highest BCUT2D eigenvalue weighted by Gasteiger charge is 2.16. The zero-order valence-corrected chi connectivity index (χ0v) is 10.1. The van der Waals surface area contributed by atoms with Gasteiger partial charge in [-0.1, -0.05) is 6.07 Å². The van der Waals surface area contributed by atoms with Gasteiger partial charge in [-0.25, -0.2) is 4.79 Å². The number of carbonyl (C=O) groups excluding carboxylic acids is 2. The summed E-state index contributed by atoms with van der Waals surface area (Å²) in [5, 5.41) is 0. The van der Waals surface area contributed by atoms with E-state index in [2.05, 4.69) is 0 Å². The van der Waals surface area contributed by atoms with Gasteiger partial charge in [0.05, 0.1) is 5.56 Å². The lowest BCUT2D eigenvalue weighted by atomic mass is 10.2. The summed E-state index contributed by atoms with van der Waals surface area (Å²) >= 11 is 0. The highest BCUT2D eigenvalue weighted by molar-refractivity contribution is 5.92. The molecule has 0 aliphatic carbocycles. The van der Waals surface area contributed by atoms with E-state index in [0.717, 1.165) is 5.69 Å². The van der Waals surface area contributed by atoms with Crippen LogP contribution in [-0.2, 0) is 9.53 Å². The molecule has 17 heavy (non-hydrogen) atoms. The molecule has 1 amide bonds. The molecule has 92 valence electrons. The molecule has 5 nitrogen and oxygen atoms in total. The molecule has 1 aromatic rings. The van der Waals surface area contributed by atoms with Crippen LogP contribution < -0.4 is 10.6 Å². The van der Waals surface area contributed by atoms with Crippen LogP contribution >= 0.6 is 0 Å². The Bertz CT molecular complexity index is 430. The Morgan fingerprint density at radius 3 is 2.53 bits per heavy atom. The average Bonchev–Trinajstić information content (AvgIpc) is 2.28. The molecule has 5 heteroatoms. The van der Waals surface area contributed by atoms with Crippen molar-refractivity contribution in [3.63, 3.8) is 0 Å². The van der Waals surface area contributed by atoms with Crippen molar-refractivity contribution in [2.24, 2.45) is 5.73 Å². The molecule has 0 heterocycles. The van der Waals surface area contributed by atoms with E-state index < -0.39 is 18.0 Å². The molecule has 0 aromatic heterocycles. The number of carbonyl (C=O) groups is 2. The molecule has 0 saturated heterocycles. The van der Waals surface area contributed by atoms with Crippen LogP contribution in [0.4, 0.5) is 5.69 Å². The summed E-state index contributed by atoms with van der Waals surface area (Å²) in [5.74, 6) is -1.22. The fourth-order valence-corrected chi connectivity index (χ4v) is 1.20. The molecule has 0 aliphatic heterocycles. The average molecular weight is 236 g/mol. The number of hydrogen-bond acceptors (Lipinski definition) is 4. The Balaban J connectivity index is 2.82. The van der Waals surface area contributed by atoms with Crippen molar-refractivity contribution >= 4 is 17.6 Å². The van der Waals surface area contributed by atoms with Gasteiger partial charge in [-0.15, -0.1) is 0 Å². The summed E-state index contributed by atoms with van der Waals surface area (Å²) in [6.45, 7) is 1.44. The molecule has 0 radical (unpaired) electrons. The van der Waals surface area contributed by atoms with Crippen molar-refractivity contribution in [1.29, 1.82) is 0 Å². The molecule has 1 atom stereocenters. The third-order valence-corrected chi connectivity index (χ3v) is 2.28. The summed E-state index contributed by atoms with van der Waals surface area (Å²) < 4.78 is 4.90. The van der Waals surface area contributed by atoms with Crippen LogP contribution in [0, 0.1) is 0 Å². The van der Waals surface area contributed by atoms with E-state index in [1.54, 1.807) is 18.2 Å². The first-order valence-electron chi connectivity index (χ1n) is 5.19. The second-order valence-electron chi connectivity index (χ2n) is 3.89. The molecule has 0 saturated carbocycles. The lowest BCUT2D eigenvalue weighted by Crippen LogP contribution is -2.30. The van der Waals surface area contributed by atoms with E-state index in [1.807, 2.05) is 25.1 Å². The van der Waals surface area contributed by atoms with E-state index >= 15 is 0 Å². The molecule has 2 N–H and O–H groups in total. The predicted octanol–water partition coefficient (Wildman–Crippen LogP) is 0.783. The zero-order chi connectivity index (χ0) is 13.0. The Morgan fingerprint density at radius 1 is 1.35 bits per heavy atom. The van der Waals surface area contributed by atoms with Gasteiger partial charge in [0.1, 0.15) is 0 Å².